The minimum absolute atomic E-state index is 0. The first-order valence-electron chi connectivity index (χ1n) is 5.27. The molecule has 0 fully saturated rings. The third-order valence-electron chi connectivity index (χ3n) is 2.06. The highest BCUT2D eigenvalue weighted by Crippen LogP contribution is 1.95. The highest BCUT2D eigenvalue weighted by atomic mass is 127. The van der Waals surface area contributed by atoms with Crippen molar-refractivity contribution in [3.8, 4) is 0 Å². The Morgan fingerprint density at radius 2 is 2.06 bits per heavy atom. The number of aliphatic hydroxyl groups excluding tert-OH is 1. The monoisotopic (exact) mass is 343 g/mol. The molecular formula is C11H22INO3. The van der Waals surface area contributed by atoms with Gasteiger partial charge in [0.15, 0.2) is 0 Å². The van der Waals surface area contributed by atoms with Gasteiger partial charge in [-0.1, -0.05) is 13.5 Å². The summed E-state index contributed by atoms with van der Waals surface area (Å²) in [4.78, 5) is 13.1. The van der Waals surface area contributed by atoms with Gasteiger partial charge in [-0.15, -0.1) is 24.0 Å². The van der Waals surface area contributed by atoms with E-state index in [1.807, 2.05) is 6.92 Å². The van der Waals surface area contributed by atoms with Crippen LogP contribution in [0.15, 0.2) is 12.2 Å². The van der Waals surface area contributed by atoms with Gasteiger partial charge in [-0.05, 0) is 19.9 Å². The van der Waals surface area contributed by atoms with Crippen molar-refractivity contribution in [3.63, 3.8) is 0 Å². The number of ether oxygens (including phenoxy) is 1. The first-order valence-corrected chi connectivity index (χ1v) is 5.27. The molecule has 16 heavy (non-hydrogen) atoms. The van der Waals surface area contributed by atoms with E-state index in [0.717, 1.165) is 19.5 Å². The van der Waals surface area contributed by atoms with Crippen LogP contribution < -0.4 is 0 Å². The predicted octanol–water partition coefficient (Wildman–Crippen LogP) is 1.43. The van der Waals surface area contributed by atoms with Crippen LogP contribution in [0.1, 0.15) is 20.3 Å². The Labute approximate surface area is 115 Å². The molecule has 0 aromatic carbocycles. The first kappa shape index (κ1) is 18.2. The molecule has 0 amide bonds. The van der Waals surface area contributed by atoms with Crippen molar-refractivity contribution >= 4 is 29.9 Å². The van der Waals surface area contributed by atoms with Gasteiger partial charge in [0.2, 0.25) is 0 Å². The summed E-state index contributed by atoms with van der Waals surface area (Å²) in [6.07, 6.45) is 0.785. The molecule has 0 aliphatic carbocycles. The lowest BCUT2D eigenvalue weighted by molar-refractivity contribution is -0.139. The van der Waals surface area contributed by atoms with Gasteiger partial charge in [0, 0.05) is 18.7 Å². The second-order valence-electron chi connectivity index (χ2n) is 3.43. The Hall–Kier alpha value is -0.140. The number of hydrogen-bond acceptors (Lipinski definition) is 4. The highest BCUT2D eigenvalue weighted by Gasteiger charge is 2.04. The Balaban J connectivity index is 0. The SMILES string of the molecule is C=C(C)C(=O)OCCCN(CC)CCO.I. The summed E-state index contributed by atoms with van der Waals surface area (Å²) >= 11 is 0. The number of rotatable bonds is 8. The van der Waals surface area contributed by atoms with Crippen molar-refractivity contribution in [2.75, 3.05) is 32.8 Å². The van der Waals surface area contributed by atoms with Crippen LogP contribution >= 0.6 is 24.0 Å². The molecule has 0 aliphatic rings. The van der Waals surface area contributed by atoms with Crippen LogP contribution in [0.4, 0.5) is 0 Å². The van der Waals surface area contributed by atoms with Crippen LogP contribution in [-0.2, 0) is 9.53 Å². The fraction of sp³-hybridized carbons (Fsp3) is 0.727. The molecule has 0 bridgehead atoms. The second-order valence-corrected chi connectivity index (χ2v) is 3.43. The fourth-order valence-corrected chi connectivity index (χ4v) is 1.15. The molecule has 1 N–H and O–H groups in total. The molecule has 0 spiro atoms. The lowest BCUT2D eigenvalue weighted by Gasteiger charge is -2.18. The van der Waals surface area contributed by atoms with Gasteiger partial charge in [-0.3, -0.25) is 0 Å². The van der Waals surface area contributed by atoms with Crippen LogP contribution in [0.2, 0.25) is 0 Å². The molecule has 5 heteroatoms. The standard InChI is InChI=1S/C11H21NO3.HI/c1-4-12(7-8-13)6-5-9-15-11(14)10(2)3;/h13H,2,4-9H2,1,3H3;1H. The molecule has 96 valence electrons. The van der Waals surface area contributed by atoms with Gasteiger partial charge in [-0.25, -0.2) is 4.79 Å². The van der Waals surface area contributed by atoms with Gasteiger partial charge >= 0.3 is 5.97 Å². The molecule has 0 aliphatic heterocycles. The number of hydrogen-bond donors (Lipinski definition) is 1. The van der Waals surface area contributed by atoms with Crippen LogP contribution in [0.5, 0.6) is 0 Å². The molecule has 0 saturated heterocycles. The maximum absolute atomic E-state index is 11.0. The molecule has 0 radical (unpaired) electrons. The number of nitrogens with zero attached hydrogens (tertiary/aromatic N) is 1. The zero-order valence-corrected chi connectivity index (χ0v) is 12.4. The van der Waals surface area contributed by atoms with Crippen molar-refractivity contribution < 1.29 is 14.6 Å². The van der Waals surface area contributed by atoms with Crippen LogP contribution in [0.25, 0.3) is 0 Å². The van der Waals surface area contributed by atoms with E-state index < -0.39 is 0 Å². The van der Waals surface area contributed by atoms with Crippen molar-refractivity contribution in [2.24, 2.45) is 0 Å². The second kappa shape index (κ2) is 11.3. The number of aliphatic hydroxyl groups is 1. The summed E-state index contributed by atoms with van der Waals surface area (Å²) in [6, 6.07) is 0. The van der Waals surface area contributed by atoms with Crippen molar-refractivity contribution in [1.29, 1.82) is 0 Å². The average molecular weight is 343 g/mol. The molecule has 4 nitrogen and oxygen atoms in total. The van der Waals surface area contributed by atoms with Gasteiger partial charge in [0.1, 0.15) is 0 Å². The van der Waals surface area contributed by atoms with E-state index >= 15 is 0 Å². The van der Waals surface area contributed by atoms with E-state index in [1.165, 1.54) is 0 Å². The molecular weight excluding hydrogens is 321 g/mol. The van der Waals surface area contributed by atoms with E-state index in [2.05, 4.69) is 11.5 Å². The predicted molar refractivity (Wildman–Crippen MR) is 75.0 cm³/mol. The number of likely N-dealkylation sites (N-methyl/N-ethyl adjacent to an activating group) is 1. The van der Waals surface area contributed by atoms with Crippen LogP contribution in [0, 0.1) is 0 Å². The van der Waals surface area contributed by atoms with Crippen molar-refractivity contribution in [3.05, 3.63) is 12.2 Å². The van der Waals surface area contributed by atoms with E-state index in [0.29, 0.717) is 18.7 Å². The number of carbonyl (C=O) groups is 1. The van der Waals surface area contributed by atoms with E-state index in [-0.39, 0.29) is 36.6 Å². The first-order chi connectivity index (χ1) is 7.11. The van der Waals surface area contributed by atoms with Crippen LogP contribution in [0.3, 0.4) is 0 Å². The van der Waals surface area contributed by atoms with Crippen LogP contribution in [-0.4, -0.2) is 48.8 Å². The molecule has 0 aromatic rings. The minimum atomic E-state index is -0.333. The Morgan fingerprint density at radius 3 is 2.50 bits per heavy atom. The molecule has 0 atom stereocenters. The van der Waals surface area contributed by atoms with E-state index in [1.54, 1.807) is 6.92 Å². The summed E-state index contributed by atoms with van der Waals surface area (Å²) in [5.74, 6) is -0.333. The molecule has 0 aromatic heterocycles. The summed E-state index contributed by atoms with van der Waals surface area (Å²) in [5, 5.41) is 8.75. The summed E-state index contributed by atoms with van der Waals surface area (Å²) < 4.78 is 4.95. The quantitative estimate of drug-likeness (QED) is 0.314. The smallest absolute Gasteiger partial charge is 0.333 e. The average Bonchev–Trinajstić information content (AvgIpc) is 2.22. The Kier molecular flexibility index (Phi) is 12.9. The topological polar surface area (TPSA) is 49.8 Å². The van der Waals surface area contributed by atoms with Gasteiger partial charge in [-0.2, -0.15) is 0 Å². The largest absolute Gasteiger partial charge is 0.462 e. The number of halogens is 1. The zero-order valence-electron chi connectivity index (χ0n) is 10.1. The number of carbonyl (C=O) groups excluding carboxylic acids is 1. The lowest BCUT2D eigenvalue weighted by atomic mass is 10.3. The third-order valence-corrected chi connectivity index (χ3v) is 2.06. The fourth-order valence-electron chi connectivity index (χ4n) is 1.15. The Bertz CT molecular complexity index is 209. The molecule has 0 unspecified atom stereocenters. The Morgan fingerprint density at radius 1 is 1.44 bits per heavy atom. The summed E-state index contributed by atoms with van der Waals surface area (Å²) in [5.41, 5.74) is 0.428. The van der Waals surface area contributed by atoms with Crippen molar-refractivity contribution in [1.82, 2.24) is 4.90 Å². The molecule has 0 heterocycles. The maximum atomic E-state index is 11.0. The van der Waals surface area contributed by atoms with Crippen molar-refractivity contribution in [2.45, 2.75) is 20.3 Å². The third kappa shape index (κ3) is 9.11. The molecule has 0 rings (SSSR count). The zero-order chi connectivity index (χ0) is 11.7. The molecule has 0 saturated carbocycles. The highest BCUT2D eigenvalue weighted by molar-refractivity contribution is 14.0. The van der Waals surface area contributed by atoms with E-state index in [4.69, 9.17) is 9.84 Å². The lowest BCUT2D eigenvalue weighted by Crippen LogP contribution is -2.28. The summed E-state index contributed by atoms with van der Waals surface area (Å²) in [7, 11) is 0. The normalized spacial score (nSPS) is 9.75. The van der Waals surface area contributed by atoms with E-state index in [9.17, 15) is 4.79 Å². The number of esters is 1. The maximum Gasteiger partial charge on any atom is 0.333 e. The van der Waals surface area contributed by atoms with Gasteiger partial charge in [0.05, 0.1) is 13.2 Å². The summed E-state index contributed by atoms with van der Waals surface area (Å²) in [6.45, 7) is 10.1. The van der Waals surface area contributed by atoms with Gasteiger partial charge in [0.25, 0.3) is 0 Å². The minimum Gasteiger partial charge on any atom is -0.462 e. The van der Waals surface area contributed by atoms with Gasteiger partial charge < -0.3 is 14.7 Å².